The topological polar surface area (TPSA) is 40.8 Å². The molecule has 3 heteroatoms. The van der Waals surface area contributed by atoms with Crippen molar-refractivity contribution in [3.63, 3.8) is 0 Å². The first kappa shape index (κ1) is 15.6. The SMILES string of the molecule is COc1ccccc1C1c2c([nH]c3ccccc23)Cc2[nH]c3ccccc3c21. The zero-order valence-corrected chi connectivity index (χ0v) is 15.6. The van der Waals surface area contributed by atoms with Crippen molar-refractivity contribution in [3.8, 4) is 5.75 Å². The van der Waals surface area contributed by atoms with Gasteiger partial charge in [0.25, 0.3) is 0 Å². The number of aromatic amines is 2. The Hall–Kier alpha value is -3.46. The molecule has 0 fully saturated rings. The Kier molecular flexibility index (Phi) is 3.21. The second kappa shape index (κ2) is 5.77. The van der Waals surface area contributed by atoms with Crippen molar-refractivity contribution < 1.29 is 4.74 Å². The van der Waals surface area contributed by atoms with Crippen LogP contribution in [-0.2, 0) is 6.42 Å². The lowest BCUT2D eigenvalue weighted by molar-refractivity contribution is 0.409. The molecule has 0 radical (unpaired) electrons. The van der Waals surface area contributed by atoms with E-state index in [-0.39, 0.29) is 5.92 Å². The molecule has 2 heterocycles. The number of rotatable bonds is 2. The lowest BCUT2D eigenvalue weighted by Gasteiger charge is -2.26. The molecule has 3 aromatic carbocycles. The van der Waals surface area contributed by atoms with Crippen molar-refractivity contribution in [2.45, 2.75) is 12.3 Å². The number of methoxy groups -OCH3 is 1. The maximum absolute atomic E-state index is 5.79. The summed E-state index contributed by atoms with van der Waals surface area (Å²) in [6, 6.07) is 25.6. The summed E-state index contributed by atoms with van der Waals surface area (Å²) in [6.07, 6.45) is 0.889. The van der Waals surface area contributed by atoms with Crippen LogP contribution >= 0.6 is 0 Å². The number of fused-ring (bicyclic) bond motifs is 6. The van der Waals surface area contributed by atoms with E-state index in [4.69, 9.17) is 4.74 Å². The van der Waals surface area contributed by atoms with E-state index in [9.17, 15) is 0 Å². The normalized spacial score (nSPS) is 13.6. The number of aromatic nitrogens is 2. The number of hydrogen-bond donors (Lipinski definition) is 2. The predicted molar refractivity (Wildman–Crippen MR) is 113 cm³/mol. The molecule has 136 valence electrons. The number of para-hydroxylation sites is 3. The summed E-state index contributed by atoms with van der Waals surface area (Å²) in [7, 11) is 1.76. The van der Waals surface area contributed by atoms with Gasteiger partial charge in [-0.1, -0.05) is 54.6 Å². The molecular weight excluding hydrogens is 344 g/mol. The summed E-state index contributed by atoms with van der Waals surface area (Å²) >= 11 is 0. The van der Waals surface area contributed by atoms with Crippen molar-refractivity contribution in [2.75, 3.05) is 7.11 Å². The summed E-state index contributed by atoms with van der Waals surface area (Å²) in [5.74, 6) is 1.06. The first-order chi connectivity index (χ1) is 13.8. The van der Waals surface area contributed by atoms with Crippen LogP contribution < -0.4 is 4.74 Å². The molecule has 0 aliphatic heterocycles. The van der Waals surface area contributed by atoms with Crippen LogP contribution in [0.2, 0.25) is 0 Å². The number of H-pyrrole nitrogens is 2. The highest BCUT2D eigenvalue weighted by Gasteiger charge is 2.34. The molecule has 0 bridgehead atoms. The molecule has 3 nitrogen and oxygen atoms in total. The van der Waals surface area contributed by atoms with Crippen LogP contribution in [0.25, 0.3) is 21.8 Å². The monoisotopic (exact) mass is 364 g/mol. The van der Waals surface area contributed by atoms with E-state index in [1.165, 1.54) is 49.9 Å². The Labute approximate surface area is 163 Å². The molecule has 2 aromatic heterocycles. The highest BCUT2D eigenvalue weighted by atomic mass is 16.5. The maximum atomic E-state index is 5.79. The third kappa shape index (κ3) is 2.04. The summed E-state index contributed by atoms with van der Waals surface area (Å²) in [5.41, 5.74) is 8.92. The minimum atomic E-state index is 0.127. The Bertz CT molecular complexity index is 1260. The Balaban J connectivity index is 1.74. The summed E-state index contributed by atoms with van der Waals surface area (Å²) in [4.78, 5) is 7.36. The van der Waals surface area contributed by atoms with Crippen LogP contribution in [0.15, 0.2) is 72.8 Å². The zero-order valence-electron chi connectivity index (χ0n) is 15.6. The zero-order chi connectivity index (χ0) is 18.7. The molecule has 5 aromatic rings. The Morgan fingerprint density at radius 1 is 0.714 bits per heavy atom. The van der Waals surface area contributed by atoms with E-state index in [2.05, 4.69) is 76.7 Å². The quantitative estimate of drug-likeness (QED) is 0.404. The molecule has 1 aliphatic carbocycles. The van der Waals surface area contributed by atoms with Gasteiger partial charge in [-0.05, 0) is 29.3 Å². The van der Waals surface area contributed by atoms with E-state index in [1.807, 2.05) is 6.07 Å². The van der Waals surface area contributed by atoms with Crippen LogP contribution in [0.3, 0.4) is 0 Å². The predicted octanol–water partition coefficient (Wildman–Crippen LogP) is 5.74. The molecular formula is C25H20N2O. The first-order valence-corrected chi connectivity index (χ1v) is 9.67. The lowest BCUT2D eigenvalue weighted by atomic mass is 9.77. The van der Waals surface area contributed by atoms with Gasteiger partial charge in [-0.15, -0.1) is 0 Å². The maximum Gasteiger partial charge on any atom is 0.123 e. The summed E-state index contributed by atoms with van der Waals surface area (Å²) in [5, 5.41) is 2.59. The highest BCUT2D eigenvalue weighted by Crippen LogP contribution is 2.48. The standard InChI is InChI=1S/C25H20N2O/c1-28-22-13-7-4-10-17(22)25-23-15-8-2-5-11-18(15)26-20(23)14-21-24(25)16-9-3-6-12-19(16)27-21/h2-13,25-27H,14H2,1H3. The van der Waals surface area contributed by atoms with Crippen LogP contribution in [0.5, 0.6) is 5.75 Å². The van der Waals surface area contributed by atoms with E-state index in [0.29, 0.717) is 0 Å². The van der Waals surface area contributed by atoms with Gasteiger partial charge in [0.1, 0.15) is 5.75 Å². The van der Waals surface area contributed by atoms with E-state index in [1.54, 1.807) is 7.11 Å². The first-order valence-electron chi connectivity index (χ1n) is 9.67. The van der Waals surface area contributed by atoms with Gasteiger partial charge in [0.15, 0.2) is 0 Å². The summed E-state index contributed by atoms with van der Waals surface area (Å²) < 4.78 is 5.79. The molecule has 1 aliphatic rings. The second-order valence-corrected chi connectivity index (χ2v) is 7.48. The molecule has 0 atom stereocenters. The van der Waals surface area contributed by atoms with Gasteiger partial charge in [-0.3, -0.25) is 0 Å². The molecule has 0 saturated heterocycles. The highest BCUT2D eigenvalue weighted by molar-refractivity contribution is 5.92. The third-order valence-corrected chi connectivity index (χ3v) is 6.04. The van der Waals surface area contributed by atoms with Crippen molar-refractivity contribution in [1.29, 1.82) is 0 Å². The molecule has 0 unspecified atom stereocenters. The van der Waals surface area contributed by atoms with Crippen molar-refractivity contribution in [2.24, 2.45) is 0 Å². The van der Waals surface area contributed by atoms with E-state index < -0.39 is 0 Å². The van der Waals surface area contributed by atoms with Gasteiger partial charge in [-0.25, -0.2) is 0 Å². The number of benzene rings is 3. The smallest absolute Gasteiger partial charge is 0.123 e. The average molecular weight is 364 g/mol. The largest absolute Gasteiger partial charge is 0.496 e. The fraction of sp³-hybridized carbons (Fsp3) is 0.120. The van der Waals surface area contributed by atoms with Crippen LogP contribution in [0.1, 0.15) is 34.0 Å². The van der Waals surface area contributed by atoms with Crippen molar-refractivity contribution in [3.05, 3.63) is 101 Å². The van der Waals surface area contributed by atoms with Gasteiger partial charge in [0, 0.05) is 51.1 Å². The van der Waals surface area contributed by atoms with Gasteiger partial charge >= 0.3 is 0 Å². The average Bonchev–Trinajstić information content (AvgIpc) is 3.29. The minimum absolute atomic E-state index is 0.127. The Morgan fingerprint density at radius 3 is 1.86 bits per heavy atom. The Morgan fingerprint density at radius 2 is 1.25 bits per heavy atom. The number of ether oxygens (including phenoxy) is 1. The molecule has 0 saturated carbocycles. The van der Waals surface area contributed by atoms with Crippen LogP contribution in [-0.4, -0.2) is 17.1 Å². The molecule has 2 N–H and O–H groups in total. The third-order valence-electron chi connectivity index (χ3n) is 6.04. The van der Waals surface area contributed by atoms with Crippen molar-refractivity contribution >= 4 is 21.8 Å². The van der Waals surface area contributed by atoms with E-state index in [0.717, 1.165) is 12.2 Å². The lowest BCUT2D eigenvalue weighted by Crippen LogP contribution is -2.14. The van der Waals surface area contributed by atoms with Gasteiger partial charge in [-0.2, -0.15) is 0 Å². The number of hydrogen-bond acceptors (Lipinski definition) is 1. The van der Waals surface area contributed by atoms with E-state index >= 15 is 0 Å². The van der Waals surface area contributed by atoms with Gasteiger partial charge in [0.2, 0.25) is 0 Å². The number of nitrogens with one attached hydrogen (secondary N) is 2. The molecule has 0 spiro atoms. The second-order valence-electron chi connectivity index (χ2n) is 7.48. The fourth-order valence-electron chi connectivity index (χ4n) is 4.91. The van der Waals surface area contributed by atoms with Crippen LogP contribution in [0.4, 0.5) is 0 Å². The molecule has 6 rings (SSSR count). The van der Waals surface area contributed by atoms with Gasteiger partial charge in [0.05, 0.1) is 7.11 Å². The summed E-state index contributed by atoms with van der Waals surface area (Å²) in [6.45, 7) is 0. The fourth-order valence-corrected chi connectivity index (χ4v) is 4.91. The van der Waals surface area contributed by atoms with Gasteiger partial charge < -0.3 is 14.7 Å². The minimum Gasteiger partial charge on any atom is -0.496 e. The van der Waals surface area contributed by atoms with Crippen LogP contribution in [0, 0.1) is 0 Å². The molecule has 0 amide bonds. The molecule has 28 heavy (non-hydrogen) atoms. The van der Waals surface area contributed by atoms with Crippen molar-refractivity contribution in [1.82, 2.24) is 9.97 Å².